The Kier molecular flexibility index (Phi) is 4.74. The van der Waals surface area contributed by atoms with Crippen molar-refractivity contribution in [2.45, 2.75) is 39.2 Å². The molecule has 1 saturated heterocycles. The number of allylic oxidation sites excluding steroid dienone is 1. The van der Waals surface area contributed by atoms with Gasteiger partial charge in [0.15, 0.2) is 0 Å². The molecule has 2 N–H and O–H groups in total. The highest BCUT2D eigenvalue weighted by molar-refractivity contribution is 6.03. The Hall–Kier alpha value is -1.62. The van der Waals surface area contributed by atoms with E-state index in [-0.39, 0.29) is 5.91 Å². The monoisotopic (exact) mass is 262 g/mol. The second-order valence-electron chi connectivity index (χ2n) is 4.94. The van der Waals surface area contributed by atoms with E-state index in [0.29, 0.717) is 6.04 Å². The van der Waals surface area contributed by atoms with Crippen molar-refractivity contribution >= 4 is 11.6 Å². The van der Waals surface area contributed by atoms with E-state index in [2.05, 4.69) is 15.7 Å². The molecule has 0 saturated carbocycles. The summed E-state index contributed by atoms with van der Waals surface area (Å²) in [5, 5.41) is 10.6. The molecule has 0 atom stereocenters. The summed E-state index contributed by atoms with van der Waals surface area (Å²) in [4.78, 5) is 11.9. The van der Waals surface area contributed by atoms with Crippen molar-refractivity contribution in [3.8, 4) is 0 Å². The summed E-state index contributed by atoms with van der Waals surface area (Å²) in [6.45, 7) is 5.91. The van der Waals surface area contributed by atoms with Crippen molar-refractivity contribution in [2.75, 3.05) is 18.4 Å². The summed E-state index contributed by atoms with van der Waals surface area (Å²) < 4.78 is 1.97. The molecule has 1 aromatic heterocycles. The standard InChI is InChI=1S/C14H22N4O/c1-3-4-11(2)14(19)17-12-9-16-18(10-12)13-5-7-15-8-6-13/h4,9-10,13,15H,3,5-8H2,1-2H3,(H,17,19). The van der Waals surface area contributed by atoms with Crippen LogP contribution in [0.3, 0.4) is 0 Å². The highest BCUT2D eigenvalue weighted by Crippen LogP contribution is 2.19. The molecule has 1 amide bonds. The maximum atomic E-state index is 11.9. The molecule has 0 unspecified atom stereocenters. The highest BCUT2D eigenvalue weighted by Gasteiger charge is 2.16. The number of piperidine rings is 1. The predicted molar refractivity (Wildman–Crippen MR) is 76.0 cm³/mol. The van der Waals surface area contributed by atoms with E-state index in [1.807, 2.05) is 30.8 Å². The molecule has 2 heterocycles. The smallest absolute Gasteiger partial charge is 0.251 e. The van der Waals surface area contributed by atoms with E-state index in [4.69, 9.17) is 0 Å². The third-order valence-electron chi connectivity index (χ3n) is 3.41. The Balaban J connectivity index is 1.97. The molecule has 1 aromatic rings. The lowest BCUT2D eigenvalue weighted by molar-refractivity contribution is -0.112. The Morgan fingerprint density at radius 2 is 2.32 bits per heavy atom. The molecule has 1 aliphatic heterocycles. The minimum absolute atomic E-state index is 0.0493. The summed E-state index contributed by atoms with van der Waals surface area (Å²) in [7, 11) is 0. The number of carbonyl (C=O) groups excluding carboxylic acids is 1. The molecule has 104 valence electrons. The lowest BCUT2D eigenvalue weighted by atomic mass is 10.1. The van der Waals surface area contributed by atoms with Crippen molar-refractivity contribution in [3.05, 3.63) is 24.0 Å². The van der Waals surface area contributed by atoms with E-state index in [1.165, 1.54) is 0 Å². The molecule has 5 heteroatoms. The molecule has 2 rings (SSSR count). The highest BCUT2D eigenvalue weighted by atomic mass is 16.1. The van der Waals surface area contributed by atoms with Crippen LogP contribution in [0.25, 0.3) is 0 Å². The van der Waals surface area contributed by atoms with Crippen molar-refractivity contribution in [3.63, 3.8) is 0 Å². The van der Waals surface area contributed by atoms with Gasteiger partial charge in [0.1, 0.15) is 0 Å². The maximum Gasteiger partial charge on any atom is 0.251 e. The molecule has 0 radical (unpaired) electrons. The van der Waals surface area contributed by atoms with Crippen LogP contribution < -0.4 is 10.6 Å². The first kappa shape index (κ1) is 13.8. The maximum absolute atomic E-state index is 11.9. The van der Waals surface area contributed by atoms with Gasteiger partial charge in [-0.1, -0.05) is 13.0 Å². The first-order valence-electron chi connectivity index (χ1n) is 6.93. The Morgan fingerprint density at radius 3 is 3.00 bits per heavy atom. The number of hydrogen-bond acceptors (Lipinski definition) is 3. The quantitative estimate of drug-likeness (QED) is 0.817. The summed E-state index contributed by atoms with van der Waals surface area (Å²) in [5.74, 6) is -0.0493. The van der Waals surface area contributed by atoms with E-state index in [1.54, 1.807) is 6.20 Å². The van der Waals surface area contributed by atoms with E-state index in [9.17, 15) is 4.79 Å². The van der Waals surface area contributed by atoms with Gasteiger partial charge in [0.2, 0.25) is 0 Å². The van der Waals surface area contributed by atoms with Gasteiger partial charge in [0.05, 0.1) is 17.9 Å². The lowest BCUT2D eigenvalue weighted by Crippen LogP contribution is -2.29. The van der Waals surface area contributed by atoms with Gasteiger partial charge in [-0.3, -0.25) is 9.48 Å². The van der Waals surface area contributed by atoms with E-state index >= 15 is 0 Å². The molecule has 0 aromatic carbocycles. The zero-order valence-electron chi connectivity index (χ0n) is 11.6. The number of anilines is 1. The van der Waals surface area contributed by atoms with Crippen LogP contribution in [-0.2, 0) is 4.79 Å². The fraction of sp³-hybridized carbons (Fsp3) is 0.571. The van der Waals surface area contributed by atoms with Crippen LogP contribution in [0.15, 0.2) is 24.0 Å². The zero-order chi connectivity index (χ0) is 13.7. The minimum Gasteiger partial charge on any atom is -0.320 e. The number of hydrogen-bond donors (Lipinski definition) is 2. The average Bonchev–Trinajstić information content (AvgIpc) is 2.88. The number of amides is 1. The third kappa shape index (κ3) is 3.67. The molecule has 1 fully saturated rings. The second kappa shape index (κ2) is 6.52. The molecule has 5 nitrogen and oxygen atoms in total. The van der Waals surface area contributed by atoms with Crippen LogP contribution >= 0.6 is 0 Å². The van der Waals surface area contributed by atoms with Crippen molar-refractivity contribution < 1.29 is 4.79 Å². The SMILES string of the molecule is CCC=C(C)C(=O)Nc1cnn(C2CCNCC2)c1. The van der Waals surface area contributed by atoms with Gasteiger partial charge in [-0.05, 0) is 39.3 Å². The molecule has 1 aliphatic rings. The number of carbonyl (C=O) groups is 1. The topological polar surface area (TPSA) is 59.0 Å². The van der Waals surface area contributed by atoms with Gasteiger partial charge in [-0.2, -0.15) is 5.10 Å². The van der Waals surface area contributed by atoms with Gasteiger partial charge < -0.3 is 10.6 Å². The van der Waals surface area contributed by atoms with E-state index < -0.39 is 0 Å². The molecule has 19 heavy (non-hydrogen) atoms. The van der Waals surface area contributed by atoms with Crippen LogP contribution in [0.2, 0.25) is 0 Å². The number of rotatable bonds is 4. The molecular weight excluding hydrogens is 240 g/mol. The van der Waals surface area contributed by atoms with Crippen LogP contribution in [0.5, 0.6) is 0 Å². The molecule has 0 spiro atoms. The van der Waals surface area contributed by atoms with Gasteiger partial charge >= 0.3 is 0 Å². The van der Waals surface area contributed by atoms with Gasteiger partial charge in [0.25, 0.3) is 5.91 Å². The number of nitrogens with one attached hydrogen (secondary N) is 2. The Labute approximate surface area is 114 Å². The van der Waals surface area contributed by atoms with Gasteiger partial charge in [-0.15, -0.1) is 0 Å². The summed E-state index contributed by atoms with van der Waals surface area (Å²) in [6, 6.07) is 0.444. The fourth-order valence-electron chi connectivity index (χ4n) is 2.30. The van der Waals surface area contributed by atoms with Gasteiger partial charge in [0, 0.05) is 11.8 Å². The summed E-state index contributed by atoms with van der Waals surface area (Å²) >= 11 is 0. The van der Waals surface area contributed by atoms with E-state index in [0.717, 1.165) is 43.6 Å². The Bertz CT molecular complexity index is 458. The average molecular weight is 262 g/mol. The van der Waals surface area contributed by atoms with Crippen molar-refractivity contribution in [1.82, 2.24) is 15.1 Å². The lowest BCUT2D eigenvalue weighted by Gasteiger charge is -2.22. The molecule has 0 aliphatic carbocycles. The first-order valence-corrected chi connectivity index (χ1v) is 6.93. The van der Waals surface area contributed by atoms with Crippen LogP contribution in [0.4, 0.5) is 5.69 Å². The third-order valence-corrected chi connectivity index (χ3v) is 3.41. The summed E-state index contributed by atoms with van der Waals surface area (Å²) in [6.07, 6.45) is 8.61. The second-order valence-corrected chi connectivity index (χ2v) is 4.94. The minimum atomic E-state index is -0.0493. The largest absolute Gasteiger partial charge is 0.320 e. The number of nitrogens with zero attached hydrogens (tertiary/aromatic N) is 2. The fourth-order valence-corrected chi connectivity index (χ4v) is 2.30. The normalized spacial score (nSPS) is 17.5. The Morgan fingerprint density at radius 1 is 1.58 bits per heavy atom. The van der Waals surface area contributed by atoms with Crippen molar-refractivity contribution in [2.24, 2.45) is 0 Å². The molecule has 0 bridgehead atoms. The first-order chi connectivity index (χ1) is 9.20. The van der Waals surface area contributed by atoms with Gasteiger partial charge in [-0.25, -0.2) is 0 Å². The van der Waals surface area contributed by atoms with Crippen molar-refractivity contribution in [1.29, 1.82) is 0 Å². The van der Waals surface area contributed by atoms with Crippen LogP contribution in [0, 0.1) is 0 Å². The zero-order valence-corrected chi connectivity index (χ0v) is 11.6. The predicted octanol–water partition coefficient (Wildman–Crippen LogP) is 2.10. The van der Waals surface area contributed by atoms with Crippen LogP contribution in [0.1, 0.15) is 39.2 Å². The molecular formula is C14H22N4O. The number of aromatic nitrogens is 2. The summed E-state index contributed by atoms with van der Waals surface area (Å²) in [5.41, 5.74) is 1.52. The van der Waals surface area contributed by atoms with Crippen LogP contribution in [-0.4, -0.2) is 28.8 Å².